The van der Waals surface area contributed by atoms with Crippen molar-refractivity contribution in [2.24, 2.45) is 0 Å². The Labute approximate surface area is 226 Å². The van der Waals surface area contributed by atoms with Crippen molar-refractivity contribution in [3.63, 3.8) is 0 Å². The minimum atomic E-state index is -0.900. The second-order valence-electron chi connectivity index (χ2n) is 9.16. The fraction of sp³-hybridized carbons (Fsp3) is 0.214. The van der Waals surface area contributed by atoms with Crippen molar-refractivity contribution in [1.82, 2.24) is 4.90 Å². The number of aliphatic hydroxyl groups excluding tert-OH is 1. The van der Waals surface area contributed by atoms with E-state index in [4.69, 9.17) is 23.4 Å². The van der Waals surface area contributed by atoms with Crippen LogP contribution < -0.4 is 24.4 Å². The molecule has 0 bridgehead atoms. The Kier molecular flexibility index (Phi) is 6.78. The van der Waals surface area contributed by atoms with E-state index in [1.807, 2.05) is 0 Å². The van der Waals surface area contributed by atoms with Crippen LogP contribution in [0.5, 0.6) is 40.2 Å². The largest absolute Gasteiger partial charge is 0.507 e. The number of aliphatic hydroxyl groups is 1. The highest BCUT2D eigenvalue weighted by atomic mass is 16.6. The van der Waals surface area contributed by atoms with Crippen molar-refractivity contribution >= 4 is 17.1 Å². The summed E-state index contributed by atoms with van der Waals surface area (Å²) in [5.41, 5.74) is -0.245. The molecule has 4 aromatic rings. The number of amides is 1. The van der Waals surface area contributed by atoms with Crippen LogP contribution in [0.15, 0.2) is 57.7 Å². The Balaban J connectivity index is 1.57. The van der Waals surface area contributed by atoms with Crippen LogP contribution in [-0.2, 0) is 0 Å². The average molecular weight is 552 g/mol. The van der Waals surface area contributed by atoms with Gasteiger partial charge in [0.25, 0.3) is 0 Å². The van der Waals surface area contributed by atoms with Crippen molar-refractivity contribution in [1.29, 1.82) is 0 Å². The monoisotopic (exact) mass is 551 g/mol. The standard InChI is InChI=1S/C28H25NO11/c1-29(2)28(35)37-15-10-17(32)23-21(11-15)40-27(25(34)24(23)33)14-5-7-18-20(9-14)39-26(22(12-30)38-18)13-4-6-16(31)19(8-13)36-3/h4-11,22,26,30-32,34H,12H2,1-3H3. The number of methoxy groups -OCH3 is 1. The lowest BCUT2D eigenvalue weighted by atomic mass is 10.0. The molecule has 5 rings (SSSR count). The van der Waals surface area contributed by atoms with E-state index in [1.54, 1.807) is 12.1 Å². The highest BCUT2D eigenvalue weighted by Crippen LogP contribution is 2.44. The molecule has 0 saturated heterocycles. The summed E-state index contributed by atoms with van der Waals surface area (Å²) >= 11 is 0. The van der Waals surface area contributed by atoms with E-state index >= 15 is 0 Å². The highest BCUT2D eigenvalue weighted by Gasteiger charge is 2.34. The van der Waals surface area contributed by atoms with E-state index < -0.39 is 35.2 Å². The number of hydrogen-bond acceptors (Lipinski definition) is 11. The lowest BCUT2D eigenvalue weighted by Gasteiger charge is -2.33. The summed E-state index contributed by atoms with van der Waals surface area (Å²) < 4.78 is 28.3. The Morgan fingerprint density at radius 2 is 1.75 bits per heavy atom. The molecule has 1 amide bonds. The van der Waals surface area contributed by atoms with E-state index in [0.717, 1.165) is 6.07 Å². The molecule has 208 valence electrons. The second-order valence-corrected chi connectivity index (χ2v) is 9.16. The Morgan fingerprint density at radius 1 is 0.975 bits per heavy atom. The van der Waals surface area contributed by atoms with Gasteiger partial charge in [0.2, 0.25) is 11.2 Å². The lowest BCUT2D eigenvalue weighted by Crippen LogP contribution is -2.36. The molecule has 2 atom stereocenters. The third-order valence-corrected chi connectivity index (χ3v) is 6.28. The molecule has 12 heteroatoms. The van der Waals surface area contributed by atoms with Crippen LogP contribution in [0.4, 0.5) is 4.79 Å². The van der Waals surface area contributed by atoms with E-state index in [2.05, 4.69) is 0 Å². The zero-order valence-corrected chi connectivity index (χ0v) is 21.6. The quantitative estimate of drug-likeness (QED) is 0.286. The van der Waals surface area contributed by atoms with Gasteiger partial charge in [0, 0.05) is 37.4 Å². The van der Waals surface area contributed by atoms with Gasteiger partial charge in [0.05, 0.1) is 13.7 Å². The van der Waals surface area contributed by atoms with Crippen LogP contribution in [-0.4, -0.2) is 65.3 Å². The molecule has 0 aliphatic carbocycles. The molecule has 2 unspecified atom stereocenters. The van der Waals surface area contributed by atoms with Crippen LogP contribution in [0.25, 0.3) is 22.3 Å². The topological polar surface area (TPSA) is 168 Å². The first-order valence-corrected chi connectivity index (χ1v) is 12.0. The van der Waals surface area contributed by atoms with Crippen LogP contribution in [0.3, 0.4) is 0 Å². The summed E-state index contributed by atoms with van der Waals surface area (Å²) in [4.78, 5) is 26.1. The number of hydrogen-bond donors (Lipinski definition) is 4. The van der Waals surface area contributed by atoms with Crippen LogP contribution in [0.1, 0.15) is 11.7 Å². The first-order chi connectivity index (χ1) is 19.1. The minimum Gasteiger partial charge on any atom is -0.507 e. The SMILES string of the molecule is COc1cc(C2Oc3cc(-c4oc5cc(OC(=O)N(C)C)cc(O)c5c(=O)c4O)ccc3OC2CO)ccc1O. The van der Waals surface area contributed by atoms with Gasteiger partial charge in [0.15, 0.2) is 41.0 Å². The first-order valence-electron chi connectivity index (χ1n) is 12.0. The number of phenols is 2. The molecular formula is C28H25NO11. The number of carbonyl (C=O) groups excluding carboxylic acids is 1. The fourth-order valence-corrected chi connectivity index (χ4v) is 4.27. The fourth-order valence-electron chi connectivity index (χ4n) is 4.27. The van der Waals surface area contributed by atoms with Gasteiger partial charge in [0.1, 0.15) is 22.5 Å². The van der Waals surface area contributed by atoms with Gasteiger partial charge < -0.3 is 48.7 Å². The number of phenolic OH excluding ortho intramolecular Hbond substituents is 2. The molecule has 0 radical (unpaired) electrons. The van der Waals surface area contributed by atoms with Crippen molar-refractivity contribution in [3.8, 4) is 51.6 Å². The predicted octanol–water partition coefficient (Wildman–Crippen LogP) is 3.52. The van der Waals surface area contributed by atoms with Crippen molar-refractivity contribution in [2.75, 3.05) is 27.8 Å². The average Bonchev–Trinajstić information content (AvgIpc) is 2.93. The summed E-state index contributed by atoms with van der Waals surface area (Å²) in [7, 11) is 4.36. The summed E-state index contributed by atoms with van der Waals surface area (Å²) in [6, 6.07) is 11.4. The van der Waals surface area contributed by atoms with Crippen LogP contribution in [0, 0.1) is 0 Å². The molecule has 1 aliphatic rings. The molecule has 0 fully saturated rings. The molecule has 1 aliphatic heterocycles. The minimum absolute atomic E-state index is 0.0707. The first kappa shape index (κ1) is 26.5. The third-order valence-electron chi connectivity index (χ3n) is 6.28. The van der Waals surface area contributed by atoms with Crippen LogP contribution in [0.2, 0.25) is 0 Å². The number of benzene rings is 3. The Bertz CT molecular complexity index is 1680. The second kappa shape index (κ2) is 10.2. The van der Waals surface area contributed by atoms with E-state index in [1.165, 1.54) is 56.4 Å². The normalized spacial score (nSPS) is 16.0. The van der Waals surface area contributed by atoms with Gasteiger partial charge in [-0.3, -0.25) is 4.79 Å². The maximum atomic E-state index is 13.0. The van der Waals surface area contributed by atoms with Gasteiger partial charge >= 0.3 is 6.09 Å². The van der Waals surface area contributed by atoms with Gasteiger partial charge in [-0.25, -0.2) is 4.79 Å². The summed E-state index contributed by atoms with van der Waals surface area (Å²) in [6.45, 7) is -0.375. The summed E-state index contributed by atoms with van der Waals surface area (Å²) in [6.07, 6.45) is -2.30. The summed E-state index contributed by atoms with van der Waals surface area (Å²) in [5.74, 6) is -0.956. The van der Waals surface area contributed by atoms with Crippen LogP contribution >= 0.6 is 0 Å². The van der Waals surface area contributed by atoms with Crippen molar-refractivity contribution in [2.45, 2.75) is 12.2 Å². The zero-order valence-electron chi connectivity index (χ0n) is 21.6. The summed E-state index contributed by atoms with van der Waals surface area (Å²) in [5, 5.41) is 40.7. The highest BCUT2D eigenvalue weighted by molar-refractivity contribution is 5.89. The molecule has 12 nitrogen and oxygen atoms in total. The van der Waals surface area contributed by atoms with Gasteiger partial charge in [-0.05, 0) is 30.3 Å². The van der Waals surface area contributed by atoms with Gasteiger partial charge in [-0.2, -0.15) is 0 Å². The molecule has 2 heterocycles. The maximum absolute atomic E-state index is 13.0. The number of ether oxygens (including phenoxy) is 4. The Hall–Kier alpha value is -5.10. The number of aromatic hydroxyl groups is 3. The van der Waals surface area contributed by atoms with Gasteiger partial charge in [-0.15, -0.1) is 0 Å². The molecule has 1 aromatic heterocycles. The number of fused-ring (bicyclic) bond motifs is 2. The predicted molar refractivity (Wildman–Crippen MR) is 140 cm³/mol. The number of rotatable bonds is 5. The molecule has 0 spiro atoms. The van der Waals surface area contributed by atoms with Crippen molar-refractivity contribution < 1.29 is 48.6 Å². The Morgan fingerprint density at radius 3 is 2.45 bits per heavy atom. The molecular weight excluding hydrogens is 526 g/mol. The molecule has 4 N–H and O–H groups in total. The third kappa shape index (κ3) is 4.64. The smallest absolute Gasteiger partial charge is 0.414 e. The molecule has 3 aromatic carbocycles. The molecule has 40 heavy (non-hydrogen) atoms. The van der Waals surface area contributed by atoms with E-state index in [-0.39, 0.29) is 51.9 Å². The molecule has 0 saturated carbocycles. The van der Waals surface area contributed by atoms with Gasteiger partial charge in [-0.1, -0.05) is 6.07 Å². The van der Waals surface area contributed by atoms with Crippen molar-refractivity contribution in [3.05, 3.63) is 64.3 Å². The van der Waals surface area contributed by atoms with E-state index in [9.17, 15) is 30.0 Å². The maximum Gasteiger partial charge on any atom is 0.414 e. The lowest BCUT2D eigenvalue weighted by molar-refractivity contribution is -0.0123. The zero-order chi connectivity index (χ0) is 28.7. The van der Waals surface area contributed by atoms with E-state index in [0.29, 0.717) is 11.3 Å². The number of carbonyl (C=O) groups is 1. The number of nitrogens with zero attached hydrogens (tertiary/aromatic N) is 1.